The van der Waals surface area contributed by atoms with Gasteiger partial charge in [-0.1, -0.05) is 76.2 Å². The molecule has 7 rings (SSSR count). The van der Waals surface area contributed by atoms with Gasteiger partial charge in [-0.3, -0.25) is 18.7 Å². The number of alkyl carbamates (subject to hydrolysis) is 1. The number of benzene rings is 2. The molecule has 7 N–H and O–H groups in total. The van der Waals surface area contributed by atoms with Crippen molar-refractivity contribution in [3.63, 3.8) is 0 Å². The van der Waals surface area contributed by atoms with Crippen LogP contribution in [-0.4, -0.2) is 111 Å². The van der Waals surface area contributed by atoms with Gasteiger partial charge in [-0.15, -0.1) is 0 Å². The number of amides is 4. The molecule has 4 aromatic rings. The normalized spacial score (nSPS) is 21.2. The van der Waals surface area contributed by atoms with Gasteiger partial charge in [0.2, 0.25) is 11.8 Å². The zero-order valence-electron chi connectivity index (χ0n) is 34.7. The average Bonchev–Trinajstić information content (AvgIpc) is 4.06. The highest BCUT2D eigenvalue weighted by Crippen LogP contribution is 2.55. The van der Waals surface area contributed by atoms with Crippen LogP contribution in [0.25, 0.3) is 33.6 Å². The van der Waals surface area contributed by atoms with Crippen molar-refractivity contribution in [2.45, 2.75) is 95.9 Å². The molecule has 5 heterocycles. The first-order chi connectivity index (χ1) is 28.6. The van der Waals surface area contributed by atoms with Crippen LogP contribution in [0.2, 0.25) is 0 Å². The first kappa shape index (κ1) is 42.7. The number of H-pyrrole nitrogens is 2. The fourth-order valence-electron chi connectivity index (χ4n) is 9.04. The van der Waals surface area contributed by atoms with Crippen molar-refractivity contribution in [2.75, 3.05) is 25.2 Å². The van der Waals surface area contributed by atoms with Crippen LogP contribution in [0, 0.1) is 11.8 Å². The number of carboxylic acid groups (broad SMARTS) is 1. The highest BCUT2D eigenvalue weighted by Gasteiger charge is 2.54. The molecule has 4 amide bonds. The van der Waals surface area contributed by atoms with Gasteiger partial charge in [0.1, 0.15) is 23.7 Å². The van der Waals surface area contributed by atoms with Gasteiger partial charge in [-0.25, -0.2) is 19.6 Å². The van der Waals surface area contributed by atoms with E-state index in [0.29, 0.717) is 43.9 Å². The Kier molecular flexibility index (Phi) is 12.3. The minimum absolute atomic E-state index is 0.199. The van der Waals surface area contributed by atoms with Crippen molar-refractivity contribution in [1.29, 1.82) is 0 Å². The number of carbonyl (C=O) groups is 4. The molecule has 0 aliphatic carbocycles. The van der Waals surface area contributed by atoms with E-state index < -0.39 is 46.4 Å². The summed E-state index contributed by atoms with van der Waals surface area (Å²) < 4.78 is 25.8. The van der Waals surface area contributed by atoms with Gasteiger partial charge < -0.3 is 40.2 Å². The number of likely N-dealkylation sites (tertiary alicyclic amines) is 2. The predicted molar refractivity (Wildman–Crippen MR) is 228 cm³/mol. The third-order valence-electron chi connectivity index (χ3n) is 12.4. The predicted octanol–water partition coefficient (Wildman–Crippen LogP) is 7.42. The van der Waals surface area contributed by atoms with Gasteiger partial charge in [-0.2, -0.15) is 10.6 Å². The topological polar surface area (TPSA) is 226 Å². The second-order valence-corrected chi connectivity index (χ2v) is 19.4. The number of hydrogen-bond acceptors (Lipinski definition) is 9. The summed E-state index contributed by atoms with van der Waals surface area (Å²) in [5.41, 5.74) is 4.91. The fraction of sp³-hybridized carbons (Fsp3) is 0.488. The molecule has 16 nitrogen and oxygen atoms in total. The number of aromatic nitrogens is 4. The van der Waals surface area contributed by atoms with Gasteiger partial charge in [0.25, 0.3) is 0 Å². The van der Waals surface area contributed by atoms with Gasteiger partial charge in [0.05, 0.1) is 43.0 Å². The third kappa shape index (κ3) is 8.74. The van der Waals surface area contributed by atoms with Crippen LogP contribution < -0.4 is 10.6 Å². The molecule has 0 bridgehead atoms. The second-order valence-electron chi connectivity index (χ2n) is 16.9. The van der Waals surface area contributed by atoms with E-state index in [1.165, 1.54) is 7.11 Å². The Balaban J connectivity index is 1.05. The highest BCUT2D eigenvalue weighted by molar-refractivity contribution is 8.24. The summed E-state index contributed by atoms with van der Waals surface area (Å²) in [6.07, 6.45) is 5.39. The molecule has 0 radical (unpaired) electrons. The summed E-state index contributed by atoms with van der Waals surface area (Å²) >= 11 is 0. The number of carbonyl (C=O) groups excluding carboxylic acids is 3. The maximum atomic E-state index is 14.4. The van der Waals surface area contributed by atoms with E-state index in [1.54, 1.807) is 17.3 Å². The molecular formula is C43H56N8O8S. The number of nitrogens with zero attached hydrogens (tertiary/aromatic N) is 4. The Hall–Kier alpha value is -5.39. The number of imidazole rings is 2. The standard InChI is InChI=1S/C43H56N8O8S/c1-25(2)35(48-41(54)55)39(52)50-20-6-7-33(50)37-44-23-31(46-37)29-12-8-27(9-13-29)28-10-14-30(15-11-28)32-24-45-38(47-32)34-16-17-43(18-21-60(57,58)22-19-43)51(34)40(53)36(26(3)4)49-42(56)59-5/h8-15,23-26,33-36,48,57-58H,6-7,16-22H2,1-5H3,(H,44,46)(H,45,47)(H,49,56)(H,54,55)/t33-,34?,35-,36-/m0/s1. The Morgan fingerprint density at radius 3 is 1.75 bits per heavy atom. The molecule has 17 heteroatoms. The van der Waals surface area contributed by atoms with Crippen LogP contribution in [0.5, 0.6) is 0 Å². The molecule has 3 saturated heterocycles. The maximum Gasteiger partial charge on any atom is 0.407 e. The summed E-state index contributed by atoms with van der Waals surface area (Å²) in [4.78, 5) is 71.4. The highest BCUT2D eigenvalue weighted by atomic mass is 32.3. The average molecular weight is 845 g/mol. The van der Waals surface area contributed by atoms with Gasteiger partial charge in [-0.05, 0) is 72.6 Å². The number of hydrogen-bond donors (Lipinski definition) is 7. The summed E-state index contributed by atoms with van der Waals surface area (Å²) in [6, 6.07) is 13.9. The van der Waals surface area contributed by atoms with E-state index in [4.69, 9.17) is 9.72 Å². The van der Waals surface area contributed by atoms with Crippen LogP contribution in [0.15, 0.2) is 60.9 Å². The molecule has 1 spiro atoms. The SMILES string of the molecule is COC(=O)N[C@H](C(=O)N1C(c2ncc(-c3ccc(-c4ccc(-c5cnc([C@@H]6CCCN6C(=O)[C@@H](NC(=O)O)C(C)C)[nH]5)cc4)cc3)[nH]2)CCC12CCS(O)(O)CC2)C(C)C. The third-order valence-corrected chi connectivity index (χ3v) is 14.1. The smallest absolute Gasteiger partial charge is 0.407 e. The lowest BCUT2D eigenvalue weighted by Gasteiger charge is -2.50. The quantitative estimate of drug-likeness (QED) is 0.0791. The minimum Gasteiger partial charge on any atom is -0.465 e. The largest absolute Gasteiger partial charge is 0.465 e. The Morgan fingerprint density at radius 1 is 0.750 bits per heavy atom. The van der Waals surface area contributed by atoms with Gasteiger partial charge in [0.15, 0.2) is 0 Å². The van der Waals surface area contributed by atoms with E-state index in [0.717, 1.165) is 46.5 Å². The number of methoxy groups -OCH3 is 1. The van der Waals surface area contributed by atoms with Crippen molar-refractivity contribution in [3.8, 4) is 33.6 Å². The number of ether oxygens (including phenoxy) is 1. The first-order valence-corrected chi connectivity index (χ1v) is 22.5. The number of aromatic amines is 2. The molecule has 4 atom stereocenters. The zero-order valence-corrected chi connectivity index (χ0v) is 35.5. The summed E-state index contributed by atoms with van der Waals surface area (Å²) in [7, 11) is -1.44. The molecule has 0 saturated carbocycles. The van der Waals surface area contributed by atoms with Crippen LogP contribution in [-0.2, 0) is 14.3 Å². The maximum absolute atomic E-state index is 14.4. The van der Waals surface area contributed by atoms with Gasteiger partial charge >= 0.3 is 12.2 Å². The van der Waals surface area contributed by atoms with Crippen LogP contribution in [0.4, 0.5) is 9.59 Å². The van der Waals surface area contributed by atoms with Crippen molar-refractivity contribution < 1.29 is 38.1 Å². The Bertz CT molecular complexity index is 2180. The van der Waals surface area contributed by atoms with E-state index in [1.807, 2.05) is 81.1 Å². The second kappa shape index (κ2) is 17.3. The van der Waals surface area contributed by atoms with Crippen LogP contribution in [0.1, 0.15) is 90.0 Å². The van der Waals surface area contributed by atoms with E-state index in [9.17, 15) is 33.4 Å². The molecule has 2 aromatic heterocycles. The lowest BCUT2D eigenvalue weighted by Crippen LogP contribution is -2.59. The summed E-state index contributed by atoms with van der Waals surface area (Å²) in [6.45, 7) is 7.93. The molecule has 60 heavy (non-hydrogen) atoms. The molecule has 3 aliphatic rings. The first-order valence-electron chi connectivity index (χ1n) is 20.6. The van der Waals surface area contributed by atoms with E-state index in [2.05, 4.69) is 25.6 Å². The van der Waals surface area contributed by atoms with Crippen LogP contribution >= 0.6 is 10.6 Å². The lowest BCUT2D eigenvalue weighted by molar-refractivity contribution is -0.142. The minimum atomic E-state index is -2.70. The molecule has 3 fully saturated rings. The lowest BCUT2D eigenvalue weighted by atomic mass is 9.88. The number of nitrogens with one attached hydrogen (secondary N) is 4. The monoisotopic (exact) mass is 844 g/mol. The van der Waals surface area contributed by atoms with Crippen molar-refractivity contribution in [3.05, 3.63) is 72.6 Å². The molecule has 3 aliphatic heterocycles. The Morgan fingerprint density at radius 2 is 1.25 bits per heavy atom. The summed E-state index contributed by atoms with van der Waals surface area (Å²) in [5, 5.41) is 14.4. The van der Waals surface area contributed by atoms with E-state index in [-0.39, 0.29) is 41.2 Å². The van der Waals surface area contributed by atoms with Crippen molar-refractivity contribution in [2.24, 2.45) is 11.8 Å². The molecule has 2 aromatic carbocycles. The van der Waals surface area contributed by atoms with Crippen LogP contribution in [0.3, 0.4) is 0 Å². The Labute approximate surface area is 351 Å². The van der Waals surface area contributed by atoms with Crippen molar-refractivity contribution in [1.82, 2.24) is 40.4 Å². The van der Waals surface area contributed by atoms with Crippen molar-refractivity contribution >= 4 is 34.6 Å². The molecule has 322 valence electrons. The molecule has 1 unspecified atom stereocenters. The number of rotatable bonds is 11. The zero-order chi connectivity index (χ0) is 42.9. The fourth-order valence-corrected chi connectivity index (χ4v) is 10.7. The van der Waals surface area contributed by atoms with Gasteiger partial charge in [0, 0.05) is 23.6 Å². The molecular weight excluding hydrogens is 789 g/mol. The van der Waals surface area contributed by atoms with E-state index >= 15 is 0 Å². The summed E-state index contributed by atoms with van der Waals surface area (Å²) in [5.74, 6) is 0.853.